The highest BCUT2D eigenvalue weighted by Gasteiger charge is 2.00. The molecule has 0 spiro atoms. The molecule has 1 heterocycles. The van der Waals surface area contributed by atoms with Crippen LogP contribution in [0, 0.1) is 0 Å². The van der Waals surface area contributed by atoms with Gasteiger partial charge in [-0.15, -0.1) is 0 Å². The molecular formula is C12H14N4O2. The lowest BCUT2D eigenvalue weighted by Crippen LogP contribution is -2.14. The highest BCUT2D eigenvalue weighted by molar-refractivity contribution is 5.34. The summed E-state index contributed by atoms with van der Waals surface area (Å²) in [7, 11) is 0. The van der Waals surface area contributed by atoms with E-state index in [0.717, 1.165) is 0 Å². The number of aromatic nitrogens is 2. The molecule has 0 atom stereocenters. The molecule has 0 bridgehead atoms. The van der Waals surface area contributed by atoms with Gasteiger partial charge in [-0.1, -0.05) is 0 Å². The zero-order valence-electron chi connectivity index (χ0n) is 9.71. The Hall–Kier alpha value is -2.34. The van der Waals surface area contributed by atoms with Crippen LogP contribution in [0.25, 0.3) is 0 Å². The van der Waals surface area contributed by atoms with Crippen molar-refractivity contribution in [2.75, 3.05) is 18.4 Å². The number of hydrogen-bond donors (Lipinski definition) is 3. The Morgan fingerprint density at radius 2 is 1.78 bits per heavy atom. The van der Waals surface area contributed by atoms with Gasteiger partial charge in [-0.2, -0.15) is 0 Å². The summed E-state index contributed by atoms with van der Waals surface area (Å²) in [5.41, 5.74) is 5.36. The van der Waals surface area contributed by atoms with Gasteiger partial charge in [0.2, 0.25) is 5.95 Å². The summed E-state index contributed by atoms with van der Waals surface area (Å²) in [6.07, 6.45) is 3.14. The SMILES string of the molecule is NCCNc1ncc(Oc2ccc(O)cc2)cn1. The fourth-order valence-electron chi connectivity index (χ4n) is 1.29. The Balaban J connectivity index is 1.99. The first-order chi connectivity index (χ1) is 8.78. The number of nitrogens with two attached hydrogens (primary N) is 1. The third-order valence-corrected chi connectivity index (χ3v) is 2.13. The van der Waals surface area contributed by atoms with Gasteiger partial charge < -0.3 is 20.9 Å². The Morgan fingerprint density at radius 3 is 2.39 bits per heavy atom. The molecule has 0 aliphatic rings. The Morgan fingerprint density at radius 1 is 1.11 bits per heavy atom. The van der Waals surface area contributed by atoms with Crippen molar-refractivity contribution in [3.63, 3.8) is 0 Å². The molecule has 0 amide bonds. The average Bonchev–Trinajstić information content (AvgIpc) is 2.41. The number of ether oxygens (including phenoxy) is 1. The molecule has 0 aliphatic carbocycles. The monoisotopic (exact) mass is 246 g/mol. The number of phenols is 1. The van der Waals surface area contributed by atoms with Gasteiger partial charge in [0.1, 0.15) is 11.5 Å². The summed E-state index contributed by atoms with van der Waals surface area (Å²) in [5, 5.41) is 12.1. The van der Waals surface area contributed by atoms with Gasteiger partial charge in [0.15, 0.2) is 5.75 Å². The zero-order chi connectivity index (χ0) is 12.8. The molecule has 1 aromatic heterocycles. The van der Waals surface area contributed by atoms with E-state index >= 15 is 0 Å². The van der Waals surface area contributed by atoms with Gasteiger partial charge in [-0.05, 0) is 24.3 Å². The van der Waals surface area contributed by atoms with Gasteiger partial charge in [0.05, 0.1) is 12.4 Å². The largest absolute Gasteiger partial charge is 0.508 e. The maximum atomic E-state index is 9.14. The molecule has 1 aromatic carbocycles. The number of anilines is 1. The van der Waals surface area contributed by atoms with Crippen LogP contribution in [0.1, 0.15) is 0 Å². The quantitative estimate of drug-likeness (QED) is 0.737. The van der Waals surface area contributed by atoms with Crippen molar-refractivity contribution in [2.24, 2.45) is 5.73 Å². The van der Waals surface area contributed by atoms with Gasteiger partial charge in [-0.3, -0.25) is 0 Å². The van der Waals surface area contributed by atoms with Crippen molar-refractivity contribution in [1.29, 1.82) is 0 Å². The molecule has 94 valence electrons. The number of benzene rings is 1. The topological polar surface area (TPSA) is 93.3 Å². The average molecular weight is 246 g/mol. The van der Waals surface area contributed by atoms with Crippen LogP contribution < -0.4 is 15.8 Å². The Kier molecular flexibility index (Phi) is 3.93. The van der Waals surface area contributed by atoms with Crippen LogP contribution in [-0.4, -0.2) is 28.2 Å². The molecule has 0 fully saturated rings. The van der Waals surface area contributed by atoms with Gasteiger partial charge in [0.25, 0.3) is 0 Å². The second kappa shape index (κ2) is 5.83. The van der Waals surface area contributed by atoms with Crippen LogP contribution in [0.4, 0.5) is 5.95 Å². The Labute approximate surface area is 104 Å². The molecule has 6 nitrogen and oxygen atoms in total. The van der Waals surface area contributed by atoms with Crippen LogP contribution in [0.5, 0.6) is 17.2 Å². The minimum absolute atomic E-state index is 0.194. The van der Waals surface area contributed by atoms with Crippen molar-refractivity contribution in [2.45, 2.75) is 0 Å². The molecule has 4 N–H and O–H groups in total. The van der Waals surface area contributed by atoms with E-state index in [4.69, 9.17) is 15.6 Å². The molecule has 0 saturated carbocycles. The third kappa shape index (κ3) is 3.33. The molecule has 6 heteroatoms. The third-order valence-electron chi connectivity index (χ3n) is 2.13. The van der Waals surface area contributed by atoms with Crippen molar-refractivity contribution >= 4 is 5.95 Å². The lowest BCUT2D eigenvalue weighted by atomic mass is 10.3. The number of aromatic hydroxyl groups is 1. The van der Waals surface area contributed by atoms with E-state index in [2.05, 4.69) is 15.3 Å². The van der Waals surface area contributed by atoms with Crippen LogP contribution in [-0.2, 0) is 0 Å². The molecule has 18 heavy (non-hydrogen) atoms. The number of nitrogens with one attached hydrogen (secondary N) is 1. The summed E-state index contributed by atoms with van der Waals surface area (Å²) in [4.78, 5) is 8.16. The maximum Gasteiger partial charge on any atom is 0.222 e. The van der Waals surface area contributed by atoms with Crippen molar-refractivity contribution in [3.8, 4) is 17.2 Å². The van der Waals surface area contributed by atoms with E-state index in [1.807, 2.05) is 0 Å². The first-order valence-corrected chi connectivity index (χ1v) is 5.51. The van der Waals surface area contributed by atoms with E-state index < -0.39 is 0 Å². The van der Waals surface area contributed by atoms with Crippen LogP contribution in [0.2, 0.25) is 0 Å². The number of rotatable bonds is 5. The fraction of sp³-hybridized carbons (Fsp3) is 0.167. The molecule has 2 rings (SSSR count). The van der Waals surface area contributed by atoms with Crippen LogP contribution >= 0.6 is 0 Å². The van der Waals surface area contributed by atoms with E-state index in [1.165, 1.54) is 0 Å². The van der Waals surface area contributed by atoms with Crippen LogP contribution in [0.15, 0.2) is 36.7 Å². The predicted molar refractivity (Wildman–Crippen MR) is 67.8 cm³/mol. The Bertz CT molecular complexity index is 484. The summed E-state index contributed by atoms with van der Waals surface area (Å²) in [6.45, 7) is 1.15. The van der Waals surface area contributed by atoms with E-state index in [9.17, 15) is 0 Å². The second-order valence-electron chi connectivity index (χ2n) is 3.55. The van der Waals surface area contributed by atoms with Crippen LogP contribution in [0.3, 0.4) is 0 Å². The minimum atomic E-state index is 0.194. The first-order valence-electron chi connectivity index (χ1n) is 5.51. The number of nitrogens with zero attached hydrogens (tertiary/aromatic N) is 2. The summed E-state index contributed by atoms with van der Waals surface area (Å²) in [5.74, 6) is 1.84. The van der Waals surface area contributed by atoms with E-state index in [-0.39, 0.29) is 5.75 Å². The van der Waals surface area contributed by atoms with Crippen molar-refractivity contribution in [3.05, 3.63) is 36.7 Å². The second-order valence-corrected chi connectivity index (χ2v) is 3.55. The van der Waals surface area contributed by atoms with Gasteiger partial charge in [-0.25, -0.2) is 9.97 Å². The molecular weight excluding hydrogens is 232 g/mol. The predicted octanol–water partition coefficient (Wildman–Crippen LogP) is 1.35. The van der Waals surface area contributed by atoms with E-state index in [0.29, 0.717) is 30.5 Å². The highest BCUT2D eigenvalue weighted by Crippen LogP contribution is 2.22. The summed E-state index contributed by atoms with van der Waals surface area (Å²) < 4.78 is 5.50. The lowest BCUT2D eigenvalue weighted by molar-refractivity contribution is 0.462. The number of hydrogen-bond acceptors (Lipinski definition) is 6. The lowest BCUT2D eigenvalue weighted by Gasteiger charge is -2.06. The first kappa shape index (κ1) is 12.1. The van der Waals surface area contributed by atoms with E-state index in [1.54, 1.807) is 36.7 Å². The standard InChI is InChI=1S/C12H14N4O2/c13-5-6-14-12-15-7-11(8-16-12)18-10-3-1-9(17)2-4-10/h1-4,7-8,17H,5-6,13H2,(H,14,15,16). The zero-order valence-corrected chi connectivity index (χ0v) is 9.71. The van der Waals surface area contributed by atoms with Gasteiger partial charge >= 0.3 is 0 Å². The molecule has 0 aliphatic heterocycles. The smallest absolute Gasteiger partial charge is 0.222 e. The normalized spacial score (nSPS) is 10.1. The molecule has 2 aromatic rings. The maximum absolute atomic E-state index is 9.14. The number of phenolic OH excluding ortho intramolecular Hbond substituents is 1. The van der Waals surface area contributed by atoms with Crippen molar-refractivity contribution < 1.29 is 9.84 Å². The summed E-state index contributed by atoms with van der Waals surface area (Å²) >= 11 is 0. The summed E-state index contributed by atoms with van der Waals surface area (Å²) in [6, 6.07) is 6.42. The molecule has 0 unspecified atom stereocenters. The minimum Gasteiger partial charge on any atom is -0.508 e. The molecule has 0 saturated heterocycles. The molecule has 0 radical (unpaired) electrons. The highest BCUT2D eigenvalue weighted by atomic mass is 16.5. The van der Waals surface area contributed by atoms with Crippen molar-refractivity contribution in [1.82, 2.24) is 9.97 Å². The van der Waals surface area contributed by atoms with Gasteiger partial charge in [0, 0.05) is 13.1 Å². The fourth-order valence-corrected chi connectivity index (χ4v) is 1.29.